The van der Waals surface area contributed by atoms with E-state index in [0.29, 0.717) is 12.5 Å². The number of nitrogens with zero attached hydrogens (tertiary/aromatic N) is 4. The third-order valence-corrected chi connectivity index (χ3v) is 12.0. The number of hydrogen-bond acceptors (Lipinski definition) is 6. The molecule has 1 aliphatic carbocycles. The molecule has 2 saturated heterocycles. The van der Waals surface area contributed by atoms with Crippen LogP contribution in [0.4, 0.5) is 0 Å². The number of H-pyrrole nitrogens is 2. The third kappa shape index (κ3) is 6.62. The first kappa shape index (κ1) is 35.8. The fourth-order valence-corrected chi connectivity index (χ4v) is 9.24. The Morgan fingerprint density at radius 2 is 1.16 bits per heavy atom. The summed E-state index contributed by atoms with van der Waals surface area (Å²) >= 11 is 0. The van der Waals surface area contributed by atoms with Crippen molar-refractivity contribution in [3.8, 4) is 33.6 Å². The first-order valence-electron chi connectivity index (χ1n) is 19.6. The highest BCUT2D eigenvalue weighted by atomic mass is 16.5. The highest BCUT2D eigenvalue weighted by molar-refractivity contribution is 5.84. The van der Waals surface area contributed by atoms with Crippen LogP contribution in [0.2, 0.25) is 0 Å². The lowest BCUT2D eigenvalue weighted by Crippen LogP contribution is -2.43. The van der Waals surface area contributed by atoms with Gasteiger partial charge in [0.2, 0.25) is 0 Å². The summed E-state index contributed by atoms with van der Waals surface area (Å²) in [5.74, 6) is 1.97. The van der Waals surface area contributed by atoms with Gasteiger partial charge in [-0.3, -0.25) is 9.59 Å². The summed E-state index contributed by atoms with van der Waals surface area (Å²) in [4.78, 5) is 48.3. The van der Waals surface area contributed by atoms with Crippen LogP contribution in [0.5, 0.6) is 0 Å². The van der Waals surface area contributed by atoms with Gasteiger partial charge in [0.05, 0.1) is 35.9 Å². The van der Waals surface area contributed by atoms with Crippen LogP contribution in [0.15, 0.2) is 122 Å². The van der Waals surface area contributed by atoms with Gasteiger partial charge in [0, 0.05) is 26.8 Å². The van der Waals surface area contributed by atoms with Gasteiger partial charge < -0.3 is 29.2 Å². The standard InChI is InChI=1S/C46H46N6O4/c1-55-41(33-10-5-3-6-11-33)45(53)51-25-9-14-39(51)43-47-27-37(49-43)31-19-15-29(16-20-31)30-17-21-32(22-18-30)38-28-48-44(50-38)40-35-23-24-36(26-35)52(40)46(54)42(56-2)34-12-7-4-8-13-34/h3-8,10-13,15-22,27-28,35-36,39-42H,9,14,23-26H2,1-2H3,(H,47,49)(H,48,50)/t35-,36-,39-,40+,41+,42-/m0/s1. The molecule has 6 aromatic rings. The molecule has 10 nitrogen and oxygen atoms in total. The number of aromatic nitrogens is 4. The van der Waals surface area contributed by atoms with Crippen molar-refractivity contribution < 1.29 is 19.1 Å². The van der Waals surface area contributed by atoms with E-state index in [0.717, 1.165) is 88.5 Å². The van der Waals surface area contributed by atoms with E-state index in [4.69, 9.17) is 19.4 Å². The molecular formula is C46H46N6O4. The molecule has 3 aliphatic rings. The number of carbonyl (C=O) groups excluding carboxylic acids is 2. The Hall–Kier alpha value is -5.84. The number of rotatable bonds is 11. The van der Waals surface area contributed by atoms with Gasteiger partial charge in [-0.15, -0.1) is 0 Å². The molecule has 1 saturated carbocycles. The summed E-state index contributed by atoms with van der Waals surface area (Å²) < 4.78 is 11.4. The zero-order chi connectivity index (χ0) is 38.2. The van der Waals surface area contributed by atoms with E-state index in [1.165, 1.54) is 0 Å². The second-order valence-corrected chi connectivity index (χ2v) is 15.2. The molecule has 2 amide bonds. The molecule has 4 aromatic carbocycles. The molecule has 2 aromatic heterocycles. The number of nitrogens with one attached hydrogen (secondary N) is 2. The van der Waals surface area contributed by atoms with Gasteiger partial charge in [-0.25, -0.2) is 9.97 Å². The van der Waals surface area contributed by atoms with Crippen molar-refractivity contribution in [3.63, 3.8) is 0 Å². The Bertz CT molecular complexity index is 2290. The predicted molar refractivity (Wildman–Crippen MR) is 214 cm³/mol. The average Bonchev–Trinajstić information content (AvgIpc) is 4.11. The van der Waals surface area contributed by atoms with Gasteiger partial charge in [0.25, 0.3) is 11.8 Å². The maximum Gasteiger partial charge on any atom is 0.257 e. The number of likely N-dealkylation sites (tertiary alicyclic amines) is 2. The Morgan fingerprint density at radius 1 is 0.643 bits per heavy atom. The number of amides is 2. The van der Waals surface area contributed by atoms with Crippen molar-refractivity contribution in [1.29, 1.82) is 0 Å². The topological polar surface area (TPSA) is 116 Å². The Labute approximate surface area is 326 Å². The molecule has 2 N–H and O–H groups in total. The van der Waals surface area contributed by atoms with Crippen LogP contribution in [-0.4, -0.2) is 68.4 Å². The van der Waals surface area contributed by atoms with Crippen molar-refractivity contribution in [1.82, 2.24) is 29.7 Å². The molecular weight excluding hydrogens is 701 g/mol. The van der Waals surface area contributed by atoms with E-state index >= 15 is 0 Å². The van der Waals surface area contributed by atoms with Gasteiger partial charge in [-0.2, -0.15) is 0 Å². The van der Waals surface area contributed by atoms with Crippen molar-refractivity contribution in [2.24, 2.45) is 5.92 Å². The van der Waals surface area contributed by atoms with E-state index in [1.807, 2.05) is 82.9 Å². The summed E-state index contributed by atoms with van der Waals surface area (Å²) in [7, 11) is 3.19. The lowest BCUT2D eigenvalue weighted by molar-refractivity contribution is -0.147. The van der Waals surface area contributed by atoms with Gasteiger partial charge in [0.1, 0.15) is 11.6 Å². The van der Waals surface area contributed by atoms with Gasteiger partial charge in [0.15, 0.2) is 12.2 Å². The summed E-state index contributed by atoms with van der Waals surface area (Å²) in [6, 6.07) is 36.3. The smallest absolute Gasteiger partial charge is 0.257 e. The van der Waals surface area contributed by atoms with Crippen LogP contribution in [0, 0.1) is 5.92 Å². The normalized spacial score (nSPS) is 21.4. The summed E-state index contributed by atoms with van der Waals surface area (Å²) in [5.41, 5.74) is 7.83. The number of hydrogen-bond donors (Lipinski definition) is 2. The van der Waals surface area contributed by atoms with Crippen molar-refractivity contribution in [2.75, 3.05) is 20.8 Å². The minimum atomic E-state index is -0.644. The van der Waals surface area contributed by atoms with Gasteiger partial charge in [-0.05, 0) is 71.4 Å². The highest BCUT2D eigenvalue weighted by Crippen LogP contribution is 2.51. The van der Waals surface area contributed by atoms with E-state index < -0.39 is 12.2 Å². The number of fused-ring (bicyclic) bond motifs is 2. The van der Waals surface area contributed by atoms with E-state index in [1.54, 1.807) is 14.2 Å². The minimum absolute atomic E-state index is 0.00399. The molecule has 3 fully saturated rings. The van der Waals surface area contributed by atoms with E-state index in [-0.39, 0.29) is 29.9 Å². The minimum Gasteiger partial charge on any atom is -0.367 e. The molecule has 56 heavy (non-hydrogen) atoms. The summed E-state index contributed by atoms with van der Waals surface area (Å²) in [5, 5.41) is 0. The number of aromatic amines is 2. The van der Waals surface area contributed by atoms with Crippen LogP contribution in [0.25, 0.3) is 33.6 Å². The maximum atomic E-state index is 14.0. The zero-order valence-electron chi connectivity index (χ0n) is 31.7. The Balaban J connectivity index is 0.874. The number of piperidine rings is 1. The SMILES string of the molecule is CO[C@H](C(=O)N1[C@H]2CC[C@@H](C2)[C@@H]1c1ncc(-c2ccc(-c3ccc(-c4cnc([C@@H]5CCCN5C(=O)[C@H](OC)c5ccccc5)[nH]4)cc3)cc2)[nH]1)c1ccccc1. The van der Waals surface area contributed by atoms with Crippen molar-refractivity contribution in [3.05, 3.63) is 144 Å². The number of methoxy groups -OCH3 is 2. The molecule has 0 spiro atoms. The Morgan fingerprint density at radius 3 is 1.73 bits per heavy atom. The molecule has 6 atom stereocenters. The fourth-order valence-electron chi connectivity index (χ4n) is 9.24. The third-order valence-electron chi connectivity index (χ3n) is 12.0. The fraction of sp³-hybridized carbons (Fsp3) is 0.304. The first-order chi connectivity index (χ1) is 27.5. The molecule has 0 radical (unpaired) electrons. The Kier molecular flexibility index (Phi) is 9.83. The van der Waals surface area contributed by atoms with Crippen LogP contribution in [0.3, 0.4) is 0 Å². The van der Waals surface area contributed by atoms with Crippen LogP contribution < -0.4 is 0 Å². The second-order valence-electron chi connectivity index (χ2n) is 15.2. The van der Waals surface area contributed by atoms with Crippen molar-refractivity contribution >= 4 is 11.8 Å². The molecule has 2 bridgehead atoms. The lowest BCUT2D eigenvalue weighted by Gasteiger charge is -2.36. The van der Waals surface area contributed by atoms with Gasteiger partial charge in [-0.1, -0.05) is 109 Å². The largest absolute Gasteiger partial charge is 0.367 e. The van der Waals surface area contributed by atoms with Crippen LogP contribution in [0.1, 0.15) is 79.2 Å². The lowest BCUT2D eigenvalue weighted by atomic mass is 9.97. The number of carbonyl (C=O) groups is 2. The monoisotopic (exact) mass is 746 g/mol. The van der Waals surface area contributed by atoms with E-state index in [9.17, 15) is 9.59 Å². The average molecular weight is 747 g/mol. The molecule has 4 heterocycles. The molecule has 10 heteroatoms. The quantitative estimate of drug-likeness (QED) is 0.137. The van der Waals surface area contributed by atoms with Gasteiger partial charge >= 0.3 is 0 Å². The van der Waals surface area contributed by atoms with Crippen LogP contribution >= 0.6 is 0 Å². The number of ether oxygens (including phenoxy) is 2. The first-order valence-corrected chi connectivity index (χ1v) is 19.6. The molecule has 284 valence electrons. The molecule has 9 rings (SSSR count). The van der Waals surface area contributed by atoms with E-state index in [2.05, 4.69) is 58.5 Å². The molecule has 2 aliphatic heterocycles. The van der Waals surface area contributed by atoms with Crippen molar-refractivity contribution in [2.45, 2.75) is 62.4 Å². The predicted octanol–water partition coefficient (Wildman–Crippen LogP) is 8.62. The molecule has 0 unspecified atom stereocenters. The summed E-state index contributed by atoms with van der Waals surface area (Å²) in [6.45, 7) is 0.673. The number of imidazole rings is 2. The summed E-state index contributed by atoms with van der Waals surface area (Å²) in [6.07, 6.45) is 7.33. The number of benzene rings is 4. The second kappa shape index (κ2) is 15.4. The highest BCUT2D eigenvalue weighted by Gasteiger charge is 2.51. The maximum absolute atomic E-state index is 14.0. The van der Waals surface area contributed by atoms with Crippen LogP contribution in [-0.2, 0) is 19.1 Å². The zero-order valence-corrected chi connectivity index (χ0v) is 31.7.